The van der Waals surface area contributed by atoms with Crippen LogP contribution in [0.25, 0.3) is 11.3 Å². The Labute approximate surface area is 179 Å². The average Bonchev–Trinajstić information content (AvgIpc) is 2.75. The van der Waals surface area contributed by atoms with Gasteiger partial charge in [-0.3, -0.25) is 9.78 Å². The summed E-state index contributed by atoms with van der Waals surface area (Å²) < 4.78 is 0. The molecule has 0 aliphatic carbocycles. The summed E-state index contributed by atoms with van der Waals surface area (Å²) in [7, 11) is 0. The van der Waals surface area contributed by atoms with E-state index in [0.717, 1.165) is 37.2 Å². The molecule has 0 bridgehead atoms. The molecule has 8 nitrogen and oxygen atoms in total. The van der Waals surface area contributed by atoms with E-state index in [-0.39, 0.29) is 17.6 Å². The quantitative estimate of drug-likeness (QED) is 0.589. The van der Waals surface area contributed by atoms with Crippen LogP contribution >= 0.6 is 11.6 Å². The molecule has 3 aromatic rings. The molecule has 1 fully saturated rings. The highest BCUT2D eigenvalue weighted by Crippen LogP contribution is 2.28. The zero-order valence-electron chi connectivity index (χ0n) is 16.3. The molecule has 1 aliphatic heterocycles. The molecule has 5 N–H and O–H groups in total. The van der Waals surface area contributed by atoms with E-state index in [1.165, 1.54) is 6.20 Å². The summed E-state index contributed by atoms with van der Waals surface area (Å²) in [4.78, 5) is 27.9. The van der Waals surface area contributed by atoms with Gasteiger partial charge in [-0.1, -0.05) is 23.7 Å². The largest absolute Gasteiger partial charge is 0.382 e. The number of carbonyl (C=O) groups excluding carboxylic acids is 1. The van der Waals surface area contributed by atoms with Gasteiger partial charge in [0.25, 0.3) is 5.91 Å². The fourth-order valence-corrected chi connectivity index (χ4v) is 3.62. The molecule has 0 spiro atoms. The van der Waals surface area contributed by atoms with Gasteiger partial charge in [0.05, 0.1) is 29.5 Å². The van der Waals surface area contributed by atoms with Crippen molar-refractivity contribution in [2.45, 2.75) is 18.9 Å². The summed E-state index contributed by atoms with van der Waals surface area (Å²) in [5.74, 6) is -0.401. The molecule has 3 heterocycles. The predicted octanol–water partition coefficient (Wildman–Crippen LogP) is 2.95. The highest BCUT2D eigenvalue weighted by atomic mass is 35.5. The topological polar surface area (TPSA) is 123 Å². The molecule has 1 amide bonds. The Balaban J connectivity index is 1.60. The zero-order valence-corrected chi connectivity index (χ0v) is 17.0. The molecule has 0 radical (unpaired) electrons. The first-order chi connectivity index (χ1) is 14.5. The summed E-state index contributed by atoms with van der Waals surface area (Å²) in [5, 5.41) is 3.49. The Morgan fingerprint density at radius 2 is 2.00 bits per heavy atom. The van der Waals surface area contributed by atoms with E-state index >= 15 is 0 Å². The van der Waals surface area contributed by atoms with E-state index in [9.17, 15) is 4.79 Å². The van der Waals surface area contributed by atoms with Gasteiger partial charge in [0, 0.05) is 35.9 Å². The molecule has 154 valence electrons. The van der Waals surface area contributed by atoms with Gasteiger partial charge in [0.1, 0.15) is 0 Å². The van der Waals surface area contributed by atoms with Crippen LogP contribution in [0.15, 0.2) is 48.9 Å². The lowest BCUT2D eigenvalue weighted by atomic mass is 10.1. The number of piperidine rings is 1. The molecule has 1 atom stereocenters. The molecule has 1 saturated heterocycles. The van der Waals surface area contributed by atoms with E-state index in [4.69, 9.17) is 23.1 Å². The van der Waals surface area contributed by atoms with Gasteiger partial charge in [0.15, 0.2) is 11.5 Å². The third-order valence-corrected chi connectivity index (χ3v) is 5.25. The molecule has 1 aliphatic rings. The first-order valence-corrected chi connectivity index (χ1v) is 10.0. The summed E-state index contributed by atoms with van der Waals surface area (Å²) in [6, 6.07) is 9.09. The molecule has 2 aromatic heterocycles. The maximum absolute atomic E-state index is 13.0. The van der Waals surface area contributed by atoms with Crippen molar-refractivity contribution in [3.8, 4) is 11.3 Å². The van der Waals surface area contributed by atoms with Crippen molar-refractivity contribution in [2.24, 2.45) is 5.73 Å². The number of anilines is 3. The number of nitrogens with zero attached hydrogens (tertiary/aromatic N) is 4. The van der Waals surface area contributed by atoms with Crippen LogP contribution in [0.3, 0.4) is 0 Å². The van der Waals surface area contributed by atoms with Gasteiger partial charge in [-0.15, -0.1) is 0 Å². The third-order valence-electron chi connectivity index (χ3n) is 5.00. The second-order valence-electron chi connectivity index (χ2n) is 7.19. The van der Waals surface area contributed by atoms with Gasteiger partial charge in [-0.25, -0.2) is 9.97 Å². The van der Waals surface area contributed by atoms with Crippen LogP contribution in [0.2, 0.25) is 5.02 Å². The minimum absolute atomic E-state index is 0.0487. The van der Waals surface area contributed by atoms with Crippen molar-refractivity contribution in [1.29, 1.82) is 0 Å². The summed E-state index contributed by atoms with van der Waals surface area (Å²) in [5.41, 5.74) is 14.9. The van der Waals surface area contributed by atoms with Crippen molar-refractivity contribution in [1.82, 2.24) is 15.0 Å². The van der Waals surface area contributed by atoms with E-state index in [1.807, 2.05) is 18.2 Å². The van der Waals surface area contributed by atoms with Gasteiger partial charge < -0.3 is 21.7 Å². The van der Waals surface area contributed by atoms with E-state index in [2.05, 4.69) is 25.2 Å². The SMILES string of the molecule is Nc1ncc(-c2ccc(Cl)cc2)nc1C(=O)Nc1cnccc1N1CCCC(N)C1. The first-order valence-electron chi connectivity index (χ1n) is 9.65. The average molecular weight is 424 g/mol. The summed E-state index contributed by atoms with van der Waals surface area (Å²) >= 11 is 5.95. The number of nitrogens with two attached hydrogens (primary N) is 2. The van der Waals surface area contributed by atoms with Crippen LogP contribution in [0.1, 0.15) is 23.3 Å². The van der Waals surface area contributed by atoms with Crippen LogP contribution in [0.5, 0.6) is 0 Å². The van der Waals surface area contributed by atoms with Crippen LogP contribution in [-0.4, -0.2) is 40.0 Å². The molecule has 30 heavy (non-hydrogen) atoms. The van der Waals surface area contributed by atoms with Crippen LogP contribution in [0.4, 0.5) is 17.2 Å². The second kappa shape index (κ2) is 8.64. The number of pyridine rings is 1. The Kier molecular flexibility index (Phi) is 5.78. The lowest BCUT2D eigenvalue weighted by Gasteiger charge is -2.33. The van der Waals surface area contributed by atoms with Crippen molar-refractivity contribution >= 4 is 34.7 Å². The number of rotatable bonds is 4. The predicted molar refractivity (Wildman–Crippen MR) is 119 cm³/mol. The summed E-state index contributed by atoms with van der Waals surface area (Å²) in [6.45, 7) is 1.59. The van der Waals surface area contributed by atoms with Crippen molar-refractivity contribution < 1.29 is 4.79 Å². The van der Waals surface area contributed by atoms with Crippen LogP contribution in [0, 0.1) is 0 Å². The third kappa shape index (κ3) is 4.34. The molecular formula is C21H22ClN7O. The number of carbonyl (C=O) groups is 1. The maximum atomic E-state index is 13.0. The monoisotopic (exact) mass is 423 g/mol. The lowest BCUT2D eigenvalue weighted by molar-refractivity contribution is 0.102. The Morgan fingerprint density at radius 3 is 2.77 bits per heavy atom. The number of nitrogens with one attached hydrogen (secondary N) is 1. The first kappa shape index (κ1) is 20.1. The molecule has 1 unspecified atom stereocenters. The fraction of sp³-hybridized carbons (Fsp3) is 0.238. The molecule has 9 heteroatoms. The highest BCUT2D eigenvalue weighted by Gasteiger charge is 2.21. The normalized spacial score (nSPS) is 16.3. The Morgan fingerprint density at radius 1 is 1.20 bits per heavy atom. The van der Waals surface area contributed by atoms with Gasteiger partial charge in [-0.05, 0) is 31.0 Å². The number of halogens is 1. The van der Waals surface area contributed by atoms with Gasteiger partial charge in [0.2, 0.25) is 0 Å². The molecular weight excluding hydrogens is 402 g/mol. The highest BCUT2D eigenvalue weighted by molar-refractivity contribution is 6.30. The van der Waals surface area contributed by atoms with E-state index in [0.29, 0.717) is 16.4 Å². The van der Waals surface area contributed by atoms with Gasteiger partial charge >= 0.3 is 0 Å². The number of hydrogen-bond donors (Lipinski definition) is 3. The number of nitrogen functional groups attached to an aromatic ring is 1. The maximum Gasteiger partial charge on any atom is 0.278 e. The molecule has 4 rings (SSSR count). The number of amides is 1. The number of benzene rings is 1. The number of hydrogen-bond acceptors (Lipinski definition) is 7. The van der Waals surface area contributed by atoms with E-state index < -0.39 is 5.91 Å². The standard InChI is InChI=1S/C21H22ClN7O/c22-14-5-3-13(4-6-14)16-11-26-20(24)19(27-16)21(30)28-17-10-25-8-7-18(17)29-9-1-2-15(23)12-29/h3-8,10-11,15H,1-2,9,12,23H2,(H2,24,26)(H,28,30). The Bertz CT molecular complexity index is 1060. The van der Waals surface area contributed by atoms with Crippen molar-refractivity contribution in [3.05, 3.63) is 59.6 Å². The second-order valence-corrected chi connectivity index (χ2v) is 7.63. The fourth-order valence-electron chi connectivity index (χ4n) is 3.49. The van der Waals surface area contributed by atoms with Crippen LogP contribution in [-0.2, 0) is 0 Å². The van der Waals surface area contributed by atoms with Crippen molar-refractivity contribution in [3.63, 3.8) is 0 Å². The lowest BCUT2D eigenvalue weighted by Crippen LogP contribution is -2.43. The smallest absolute Gasteiger partial charge is 0.278 e. The zero-order chi connectivity index (χ0) is 21.1. The minimum atomic E-state index is -0.452. The number of aromatic nitrogens is 3. The molecule has 1 aromatic carbocycles. The van der Waals surface area contributed by atoms with Crippen molar-refractivity contribution in [2.75, 3.05) is 29.0 Å². The van der Waals surface area contributed by atoms with Gasteiger partial charge in [-0.2, -0.15) is 0 Å². The van der Waals surface area contributed by atoms with E-state index in [1.54, 1.807) is 24.5 Å². The Hall–Kier alpha value is -3.23. The summed E-state index contributed by atoms with van der Waals surface area (Å²) in [6.07, 6.45) is 6.83. The molecule has 0 saturated carbocycles. The van der Waals surface area contributed by atoms with Crippen LogP contribution < -0.4 is 21.7 Å². The minimum Gasteiger partial charge on any atom is -0.382 e.